The summed E-state index contributed by atoms with van der Waals surface area (Å²) >= 11 is 6.19. The number of hydrogen-bond acceptors (Lipinski definition) is 4. The van der Waals surface area contributed by atoms with E-state index in [1.807, 2.05) is 30.9 Å². The van der Waals surface area contributed by atoms with Crippen molar-refractivity contribution in [3.63, 3.8) is 0 Å². The molecule has 1 aromatic rings. The molecule has 2 heterocycles. The van der Waals surface area contributed by atoms with Gasteiger partial charge in [-0.05, 0) is 96.8 Å². The summed E-state index contributed by atoms with van der Waals surface area (Å²) in [5, 5.41) is 11.2. The molecule has 2 aliphatic heterocycles. The van der Waals surface area contributed by atoms with Crippen LogP contribution in [0.2, 0.25) is 5.02 Å². The second kappa shape index (κ2) is 11.6. The Morgan fingerprint density at radius 1 is 0.975 bits per heavy atom. The van der Waals surface area contributed by atoms with Crippen molar-refractivity contribution in [3.8, 4) is 0 Å². The van der Waals surface area contributed by atoms with Gasteiger partial charge in [-0.15, -0.1) is 0 Å². The van der Waals surface area contributed by atoms with Crippen LogP contribution in [0.15, 0.2) is 24.3 Å². The fourth-order valence-corrected chi connectivity index (χ4v) is 6.98. The number of likely N-dealkylation sites (tertiary alicyclic amines) is 2. The lowest BCUT2D eigenvalue weighted by molar-refractivity contribution is -0.153. The van der Waals surface area contributed by atoms with Crippen molar-refractivity contribution in [1.82, 2.24) is 14.7 Å². The molecule has 3 aliphatic rings. The quantitative estimate of drug-likeness (QED) is 0.456. The van der Waals surface area contributed by atoms with E-state index in [0.29, 0.717) is 23.5 Å². The Morgan fingerprint density at radius 3 is 2.12 bits per heavy atom. The van der Waals surface area contributed by atoms with E-state index in [1.165, 1.54) is 0 Å². The molecular formula is C33H52ClN3O3. The van der Waals surface area contributed by atoms with E-state index in [-0.39, 0.29) is 41.3 Å². The fraction of sp³-hybridized carbons (Fsp3) is 0.758. The summed E-state index contributed by atoms with van der Waals surface area (Å²) in [5.74, 6) is 0.190. The molecule has 0 bridgehead atoms. The zero-order valence-electron chi connectivity index (χ0n) is 26.0. The van der Waals surface area contributed by atoms with Crippen molar-refractivity contribution in [1.29, 1.82) is 0 Å². The average molecular weight is 574 g/mol. The van der Waals surface area contributed by atoms with Crippen LogP contribution in [0.4, 0.5) is 0 Å². The van der Waals surface area contributed by atoms with Crippen molar-refractivity contribution >= 4 is 23.4 Å². The van der Waals surface area contributed by atoms with Gasteiger partial charge in [0, 0.05) is 48.7 Å². The third kappa shape index (κ3) is 6.55. The number of benzene rings is 1. The highest BCUT2D eigenvalue weighted by atomic mass is 35.5. The number of carbonyl (C=O) groups is 2. The first kappa shape index (κ1) is 31.3. The molecule has 1 aromatic carbocycles. The average Bonchev–Trinajstić information content (AvgIpc) is 3.53. The van der Waals surface area contributed by atoms with Crippen molar-refractivity contribution in [3.05, 3.63) is 34.9 Å². The number of aliphatic hydroxyl groups is 1. The Kier molecular flexibility index (Phi) is 9.05. The lowest BCUT2D eigenvalue weighted by Gasteiger charge is -2.46. The monoisotopic (exact) mass is 573 g/mol. The van der Waals surface area contributed by atoms with Crippen LogP contribution < -0.4 is 0 Å². The summed E-state index contributed by atoms with van der Waals surface area (Å²) in [6.07, 6.45) is 4.15. The third-order valence-corrected chi connectivity index (χ3v) is 10.5. The molecule has 224 valence electrons. The summed E-state index contributed by atoms with van der Waals surface area (Å²) in [5.41, 5.74) is 0.548. The topological polar surface area (TPSA) is 64.1 Å². The molecule has 0 radical (unpaired) electrons. The Labute approximate surface area is 247 Å². The van der Waals surface area contributed by atoms with Gasteiger partial charge < -0.3 is 14.9 Å². The predicted octanol–water partition coefficient (Wildman–Crippen LogP) is 5.96. The lowest BCUT2D eigenvalue weighted by Crippen LogP contribution is -2.56. The van der Waals surface area contributed by atoms with E-state index in [9.17, 15) is 14.7 Å². The van der Waals surface area contributed by atoms with Gasteiger partial charge in [-0.3, -0.25) is 14.5 Å². The van der Waals surface area contributed by atoms with Crippen LogP contribution in [0, 0.1) is 16.7 Å². The van der Waals surface area contributed by atoms with Gasteiger partial charge in [-0.1, -0.05) is 37.6 Å². The number of carbonyl (C=O) groups excluding carboxylic acids is 2. The molecule has 40 heavy (non-hydrogen) atoms. The van der Waals surface area contributed by atoms with Crippen molar-refractivity contribution < 1.29 is 14.7 Å². The second-order valence-corrected chi connectivity index (χ2v) is 15.5. The number of aliphatic hydroxyl groups excluding tert-OH is 1. The molecule has 2 unspecified atom stereocenters. The zero-order chi connectivity index (χ0) is 29.6. The molecule has 3 fully saturated rings. The molecule has 0 aromatic heterocycles. The van der Waals surface area contributed by atoms with Gasteiger partial charge in [-0.25, -0.2) is 0 Å². The lowest BCUT2D eigenvalue weighted by atomic mass is 9.74. The molecule has 1 N–H and O–H groups in total. The van der Waals surface area contributed by atoms with E-state index in [1.54, 1.807) is 6.92 Å². The van der Waals surface area contributed by atoms with Crippen molar-refractivity contribution in [2.75, 3.05) is 26.2 Å². The number of amides is 2. The van der Waals surface area contributed by atoms with Gasteiger partial charge in [0.05, 0.1) is 23.5 Å². The van der Waals surface area contributed by atoms with Gasteiger partial charge in [0.2, 0.25) is 11.8 Å². The predicted molar refractivity (Wildman–Crippen MR) is 162 cm³/mol. The molecule has 1 saturated carbocycles. The summed E-state index contributed by atoms with van der Waals surface area (Å²) in [4.78, 5) is 34.8. The molecule has 4 rings (SSSR count). The molecule has 2 saturated heterocycles. The normalized spacial score (nSPS) is 27.1. The molecule has 4 atom stereocenters. The van der Waals surface area contributed by atoms with E-state index in [4.69, 9.17) is 11.6 Å². The molecule has 6 nitrogen and oxygen atoms in total. The molecular weight excluding hydrogens is 522 g/mol. The minimum atomic E-state index is -0.872. The number of halogens is 1. The van der Waals surface area contributed by atoms with Gasteiger partial charge in [-0.2, -0.15) is 0 Å². The van der Waals surface area contributed by atoms with Gasteiger partial charge in [0.25, 0.3) is 0 Å². The highest BCUT2D eigenvalue weighted by molar-refractivity contribution is 6.30. The van der Waals surface area contributed by atoms with E-state index in [0.717, 1.165) is 50.8 Å². The molecule has 7 heteroatoms. The van der Waals surface area contributed by atoms with Gasteiger partial charge >= 0.3 is 0 Å². The maximum atomic E-state index is 14.2. The van der Waals surface area contributed by atoms with Crippen LogP contribution in [0.3, 0.4) is 0 Å². The molecule has 0 spiro atoms. The summed E-state index contributed by atoms with van der Waals surface area (Å²) in [6, 6.07) is 8.11. The Hall–Kier alpha value is -1.63. The highest BCUT2D eigenvalue weighted by Crippen LogP contribution is 2.41. The second-order valence-electron chi connectivity index (χ2n) is 15.1. The fourth-order valence-electron chi connectivity index (χ4n) is 6.86. The Balaban J connectivity index is 1.56. The van der Waals surface area contributed by atoms with Crippen molar-refractivity contribution in [2.45, 2.75) is 117 Å². The summed E-state index contributed by atoms with van der Waals surface area (Å²) in [7, 11) is 0. The SMILES string of the molecule is CC(O)C(C)(C)C(=O)N(C1CCC(C)(C)CC1)[C@H]1CCN(C(=O)C2CN(C(C)(C)C)C[C@H]2c2ccc(Cl)cc2)C1. The maximum absolute atomic E-state index is 14.2. The van der Waals surface area contributed by atoms with Crippen LogP contribution in [0.1, 0.15) is 99.0 Å². The summed E-state index contributed by atoms with van der Waals surface area (Å²) in [6.45, 7) is 19.5. The smallest absolute Gasteiger partial charge is 0.231 e. The minimum Gasteiger partial charge on any atom is -0.392 e. The van der Waals surface area contributed by atoms with Crippen LogP contribution >= 0.6 is 11.6 Å². The zero-order valence-corrected chi connectivity index (χ0v) is 26.8. The number of nitrogens with zero attached hydrogens (tertiary/aromatic N) is 3. The van der Waals surface area contributed by atoms with E-state index >= 15 is 0 Å². The molecule has 1 aliphatic carbocycles. The van der Waals surface area contributed by atoms with Crippen molar-refractivity contribution in [2.24, 2.45) is 16.7 Å². The molecule has 2 amide bonds. The Bertz CT molecular complexity index is 1050. The van der Waals surface area contributed by atoms with Gasteiger partial charge in [0.1, 0.15) is 0 Å². The highest BCUT2D eigenvalue weighted by Gasteiger charge is 2.48. The van der Waals surface area contributed by atoms with Crippen LogP contribution in [-0.2, 0) is 9.59 Å². The van der Waals surface area contributed by atoms with E-state index < -0.39 is 11.5 Å². The van der Waals surface area contributed by atoms with Crippen LogP contribution in [0.25, 0.3) is 0 Å². The number of rotatable bonds is 6. The van der Waals surface area contributed by atoms with Gasteiger partial charge in [0.15, 0.2) is 0 Å². The third-order valence-electron chi connectivity index (χ3n) is 10.3. The van der Waals surface area contributed by atoms with E-state index in [2.05, 4.69) is 56.6 Å². The standard InChI is InChI=1S/C33H52ClN3O3/c1-22(38)33(7,8)30(40)37(25-13-16-32(5,6)17-14-25)26-15-18-35(19-26)29(39)28-21-36(31(2,3)4)20-27(28)23-9-11-24(34)12-10-23/h9-12,22,25-28,38H,13-21H2,1-8H3/t22?,26-,27-,28?/m0/s1. The Morgan fingerprint density at radius 2 is 1.57 bits per heavy atom. The minimum absolute atomic E-state index is 0.0187. The maximum Gasteiger partial charge on any atom is 0.231 e. The first-order valence-electron chi connectivity index (χ1n) is 15.3. The first-order valence-corrected chi connectivity index (χ1v) is 15.7. The van der Waals surface area contributed by atoms with Crippen LogP contribution in [0.5, 0.6) is 0 Å². The number of hydrogen-bond donors (Lipinski definition) is 1. The first-order chi connectivity index (χ1) is 18.5. The largest absolute Gasteiger partial charge is 0.392 e. The van der Waals surface area contributed by atoms with Crippen LogP contribution in [-0.4, -0.2) is 81.5 Å². The summed E-state index contributed by atoms with van der Waals surface area (Å²) < 4.78 is 0.